The molecular weight excluding hydrogens is 190 g/mol. The van der Waals surface area contributed by atoms with Crippen molar-refractivity contribution < 1.29 is 127 Å². The summed E-state index contributed by atoms with van der Waals surface area (Å²) in [5.74, 6) is 0. The summed E-state index contributed by atoms with van der Waals surface area (Å²) < 4.78 is 25.3. The average molecular weight is 194 g/mol. The molecule has 0 heterocycles. The molecule has 0 aliphatic heterocycles. The van der Waals surface area contributed by atoms with Crippen molar-refractivity contribution in [3.63, 3.8) is 0 Å². The van der Waals surface area contributed by atoms with Gasteiger partial charge in [0.25, 0.3) is 0 Å². The normalized spacial score (nSPS) is 4.38. The molecular formula is H4K2O5S. The molecule has 8 heteroatoms. The smallest absolute Gasteiger partial charge is 0.784 e. The maximum atomic E-state index is 8.44. The van der Waals surface area contributed by atoms with Crippen molar-refractivity contribution in [1.29, 1.82) is 0 Å². The van der Waals surface area contributed by atoms with Gasteiger partial charge in [-0.25, -0.2) is 0 Å². The topological polar surface area (TPSA) is 126 Å². The molecule has 0 aromatic rings. The molecule has 0 aromatic carbocycles. The summed E-state index contributed by atoms with van der Waals surface area (Å²) in [7, 11) is 0. The second-order valence-corrected chi connectivity index (χ2v) is 0.612. The van der Waals surface area contributed by atoms with Crippen molar-refractivity contribution in [2.24, 2.45) is 0 Å². The van der Waals surface area contributed by atoms with E-state index in [4.69, 9.17) is 13.3 Å². The van der Waals surface area contributed by atoms with E-state index in [2.05, 4.69) is 0 Å². The summed E-state index contributed by atoms with van der Waals surface area (Å²) in [4.78, 5) is 0. The molecule has 0 fully saturated rings. The quantitative estimate of drug-likeness (QED) is 0.280. The van der Waals surface area contributed by atoms with Crippen LogP contribution in [-0.4, -0.2) is 24.3 Å². The van der Waals surface area contributed by atoms with Crippen LogP contribution in [-0.2, 0) is 11.4 Å². The Morgan fingerprint density at radius 1 is 1.00 bits per heavy atom. The van der Waals surface area contributed by atoms with Gasteiger partial charge in [0.1, 0.15) is 0 Å². The first-order chi connectivity index (χ1) is 1.73. The zero-order valence-electron chi connectivity index (χ0n) is 4.63. The second kappa shape index (κ2) is 22.4. The van der Waals surface area contributed by atoms with Crippen molar-refractivity contribution >= 4 is 11.4 Å². The molecule has 0 spiro atoms. The zero-order chi connectivity index (χ0) is 3.58. The van der Waals surface area contributed by atoms with E-state index in [1.807, 2.05) is 0 Å². The minimum Gasteiger partial charge on any atom is -0.784 e. The van der Waals surface area contributed by atoms with Crippen molar-refractivity contribution in [2.45, 2.75) is 0 Å². The van der Waals surface area contributed by atoms with Gasteiger partial charge >= 0.3 is 103 Å². The van der Waals surface area contributed by atoms with Crippen molar-refractivity contribution in [2.75, 3.05) is 0 Å². The van der Waals surface area contributed by atoms with Gasteiger partial charge in [0.15, 0.2) is 0 Å². The van der Waals surface area contributed by atoms with E-state index in [1.54, 1.807) is 0 Å². The van der Waals surface area contributed by atoms with Crippen LogP contribution in [0.15, 0.2) is 0 Å². The van der Waals surface area contributed by atoms with Gasteiger partial charge in [-0.3, -0.25) is 4.21 Å². The molecule has 0 amide bonds. The van der Waals surface area contributed by atoms with Gasteiger partial charge in [-0.2, -0.15) is 0 Å². The molecule has 42 valence electrons. The van der Waals surface area contributed by atoms with Crippen LogP contribution in [0, 0.1) is 0 Å². The molecule has 0 aliphatic rings. The molecule has 5 nitrogen and oxygen atoms in total. The summed E-state index contributed by atoms with van der Waals surface area (Å²) in [6.45, 7) is 0. The van der Waals surface area contributed by atoms with E-state index in [0.29, 0.717) is 0 Å². The third-order valence-corrected chi connectivity index (χ3v) is 0. The molecule has 0 rings (SSSR count). The van der Waals surface area contributed by atoms with E-state index in [9.17, 15) is 0 Å². The Balaban J connectivity index is -0.00000000750. The van der Waals surface area contributed by atoms with E-state index >= 15 is 0 Å². The van der Waals surface area contributed by atoms with Crippen LogP contribution in [0.1, 0.15) is 0 Å². The molecule has 0 unspecified atom stereocenters. The Morgan fingerprint density at radius 2 is 1.00 bits per heavy atom. The fraction of sp³-hybridized carbons (Fsp3) is 0. The van der Waals surface area contributed by atoms with E-state index in [-0.39, 0.29) is 114 Å². The van der Waals surface area contributed by atoms with Crippen LogP contribution < -0.4 is 103 Å². The predicted octanol–water partition coefficient (Wildman–Crippen LogP) is -8.65. The van der Waals surface area contributed by atoms with Gasteiger partial charge in [0.2, 0.25) is 0 Å². The molecule has 4 N–H and O–H groups in total. The van der Waals surface area contributed by atoms with Crippen molar-refractivity contribution in [3.8, 4) is 0 Å². The molecule has 0 bridgehead atoms. The largest absolute Gasteiger partial charge is 1.00 e. The minimum atomic E-state index is -3.11. The van der Waals surface area contributed by atoms with E-state index in [1.165, 1.54) is 0 Å². The summed E-state index contributed by atoms with van der Waals surface area (Å²) in [5.41, 5.74) is 0. The van der Waals surface area contributed by atoms with Crippen molar-refractivity contribution in [3.05, 3.63) is 0 Å². The van der Waals surface area contributed by atoms with Crippen LogP contribution in [0.3, 0.4) is 0 Å². The van der Waals surface area contributed by atoms with Crippen LogP contribution >= 0.6 is 0 Å². The standard InChI is InChI=1S/2K.H2O3S.2H2O/c;;1-4(2)3;;/h;;(H2,1,2,3);2*1H2/q2*+1;;;/p-2. The molecule has 0 saturated carbocycles. The first kappa shape index (κ1) is 30.2. The van der Waals surface area contributed by atoms with E-state index in [0.717, 1.165) is 0 Å². The zero-order valence-corrected chi connectivity index (χ0v) is 11.7. The van der Waals surface area contributed by atoms with Gasteiger partial charge in [-0.05, 0) is 0 Å². The SMILES string of the molecule is O.O.O=S([O-])[O-].[K+].[K+]. The van der Waals surface area contributed by atoms with Crippen LogP contribution in [0.2, 0.25) is 0 Å². The molecule has 0 radical (unpaired) electrons. The third kappa shape index (κ3) is 59.4. The van der Waals surface area contributed by atoms with Gasteiger partial charge in [-0.15, -0.1) is 11.4 Å². The minimum absolute atomic E-state index is 0. The third-order valence-electron chi connectivity index (χ3n) is 0. The Hall–Kier alpha value is 3.26. The molecule has 0 atom stereocenters. The van der Waals surface area contributed by atoms with Gasteiger partial charge < -0.3 is 20.1 Å². The summed E-state index contributed by atoms with van der Waals surface area (Å²) >= 11 is -3.11. The average Bonchev–Trinajstić information content (AvgIpc) is 0.811. The molecule has 0 saturated heterocycles. The maximum absolute atomic E-state index is 8.44. The summed E-state index contributed by atoms with van der Waals surface area (Å²) in [6, 6.07) is 0. The van der Waals surface area contributed by atoms with Crippen LogP contribution in [0.4, 0.5) is 0 Å². The van der Waals surface area contributed by atoms with Crippen LogP contribution in [0.25, 0.3) is 0 Å². The monoisotopic (exact) mass is 194 g/mol. The van der Waals surface area contributed by atoms with Gasteiger partial charge in [0.05, 0.1) is 0 Å². The van der Waals surface area contributed by atoms with Crippen LogP contribution in [0.5, 0.6) is 0 Å². The fourth-order valence-corrected chi connectivity index (χ4v) is 0. The maximum Gasteiger partial charge on any atom is 1.00 e. The molecule has 0 aliphatic carbocycles. The number of hydrogen-bond acceptors (Lipinski definition) is 3. The molecule has 8 heavy (non-hydrogen) atoms. The molecule has 0 aromatic heterocycles. The number of rotatable bonds is 0. The summed E-state index contributed by atoms with van der Waals surface area (Å²) in [5, 5.41) is 0. The second-order valence-electron chi connectivity index (χ2n) is 0.204. The fourth-order valence-electron chi connectivity index (χ4n) is 0. The Bertz CT molecular complexity index is 33.4. The Labute approximate surface area is 135 Å². The first-order valence-corrected chi connectivity index (χ1v) is 1.50. The van der Waals surface area contributed by atoms with Gasteiger partial charge in [-0.1, -0.05) is 0 Å². The predicted molar refractivity (Wildman–Crippen MR) is 16.9 cm³/mol. The number of hydrogen-bond donors (Lipinski definition) is 0. The Morgan fingerprint density at radius 3 is 1.00 bits per heavy atom. The summed E-state index contributed by atoms with van der Waals surface area (Å²) in [6.07, 6.45) is 0. The van der Waals surface area contributed by atoms with Gasteiger partial charge in [0, 0.05) is 0 Å². The Kier molecular flexibility index (Phi) is 84.9. The van der Waals surface area contributed by atoms with E-state index < -0.39 is 11.4 Å². The van der Waals surface area contributed by atoms with Crippen molar-refractivity contribution in [1.82, 2.24) is 0 Å². The first-order valence-electron chi connectivity index (χ1n) is 0.500.